The van der Waals surface area contributed by atoms with E-state index in [0.29, 0.717) is 35.8 Å². The molecule has 0 unspecified atom stereocenters. The van der Waals surface area contributed by atoms with Gasteiger partial charge in [0.25, 0.3) is 11.8 Å². The summed E-state index contributed by atoms with van der Waals surface area (Å²) in [5, 5.41) is 2.85. The standard InChI is InChI=1S/C25H30N2O6/c1-3-32-22-15-20(11-12-21(22)33-17-23(28)27-13-5-4-6-14-27)24(29)26-16-18-7-9-19(10-8-18)25(30)31-2/h7-12,15H,3-6,13-14,16-17H2,1-2H3,(H,26,29). The Labute approximate surface area is 193 Å². The number of likely N-dealkylation sites (tertiary alicyclic amines) is 1. The normalized spacial score (nSPS) is 13.2. The molecule has 176 valence electrons. The van der Waals surface area contributed by atoms with Gasteiger partial charge in [-0.3, -0.25) is 9.59 Å². The highest BCUT2D eigenvalue weighted by Gasteiger charge is 2.18. The molecule has 1 aliphatic rings. The Balaban J connectivity index is 1.59. The van der Waals surface area contributed by atoms with Crippen LogP contribution in [0.2, 0.25) is 0 Å². The van der Waals surface area contributed by atoms with Crippen molar-refractivity contribution < 1.29 is 28.6 Å². The number of nitrogens with one attached hydrogen (secondary N) is 1. The van der Waals surface area contributed by atoms with E-state index >= 15 is 0 Å². The van der Waals surface area contributed by atoms with Crippen LogP contribution in [0.25, 0.3) is 0 Å². The Morgan fingerprint density at radius 1 is 0.909 bits per heavy atom. The van der Waals surface area contributed by atoms with Gasteiger partial charge in [-0.15, -0.1) is 0 Å². The lowest BCUT2D eigenvalue weighted by Gasteiger charge is -2.26. The van der Waals surface area contributed by atoms with Crippen LogP contribution < -0.4 is 14.8 Å². The molecule has 0 radical (unpaired) electrons. The molecule has 33 heavy (non-hydrogen) atoms. The Kier molecular flexibility index (Phi) is 8.69. The minimum absolute atomic E-state index is 0.0443. The fourth-order valence-corrected chi connectivity index (χ4v) is 3.57. The lowest BCUT2D eigenvalue weighted by Crippen LogP contribution is -2.38. The Bertz CT molecular complexity index is 967. The van der Waals surface area contributed by atoms with Crippen LogP contribution in [0.1, 0.15) is 52.5 Å². The molecule has 8 nitrogen and oxygen atoms in total. The largest absolute Gasteiger partial charge is 0.490 e. The van der Waals surface area contributed by atoms with Crippen LogP contribution in [-0.4, -0.2) is 56.1 Å². The molecule has 0 atom stereocenters. The molecule has 0 saturated carbocycles. The molecule has 3 rings (SSSR count). The van der Waals surface area contributed by atoms with Gasteiger partial charge in [0.2, 0.25) is 0 Å². The second kappa shape index (κ2) is 11.9. The van der Waals surface area contributed by atoms with Crippen molar-refractivity contribution in [2.24, 2.45) is 0 Å². The summed E-state index contributed by atoms with van der Waals surface area (Å²) >= 11 is 0. The van der Waals surface area contributed by atoms with Gasteiger partial charge < -0.3 is 24.4 Å². The van der Waals surface area contributed by atoms with Crippen LogP contribution in [-0.2, 0) is 16.1 Å². The van der Waals surface area contributed by atoms with Crippen LogP contribution in [0.15, 0.2) is 42.5 Å². The van der Waals surface area contributed by atoms with Gasteiger partial charge >= 0.3 is 5.97 Å². The maximum Gasteiger partial charge on any atom is 0.337 e. The number of rotatable bonds is 9. The Morgan fingerprint density at radius 3 is 2.27 bits per heavy atom. The van der Waals surface area contributed by atoms with Crippen LogP contribution in [0.3, 0.4) is 0 Å². The van der Waals surface area contributed by atoms with Crippen molar-refractivity contribution >= 4 is 17.8 Å². The van der Waals surface area contributed by atoms with Gasteiger partial charge in [-0.25, -0.2) is 4.79 Å². The minimum atomic E-state index is -0.408. The third-order valence-electron chi connectivity index (χ3n) is 5.39. The smallest absolute Gasteiger partial charge is 0.337 e. The van der Waals surface area contributed by atoms with E-state index in [4.69, 9.17) is 9.47 Å². The predicted molar refractivity (Wildman–Crippen MR) is 122 cm³/mol. The van der Waals surface area contributed by atoms with E-state index in [0.717, 1.165) is 37.9 Å². The number of ether oxygens (including phenoxy) is 3. The quantitative estimate of drug-likeness (QED) is 0.585. The highest BCUT2D eigenvalue weighted by atomic mass is 16.5. The van der Waals surface area contributed by atoms with Crippen molar-refractivity contribution in [3.8, 4) is 11.5 Å². The first-order valence-corrected chi connectivity index (χ1v) is 11.1. The van der Waals surface area contributed by atoms with E-state index < -0.39 is 5.97 Å². The summed E-state index contributed by atoms with van der Waals surface area (Å²) in [5.41, 5.74) is 1.71. The highest BCUT2D eigenvalue weighted by molar-refractivity contribution is 5.95. The first-order chi connectivity index (χ1) is 16.0. The second-order valence-electron chi connectivity index (χ2n) is 7.70. The molecular weight excluding hydrogens is 424 g/mol. The molecule has 8 heteroatoms. The van der Waals surface area contributed by atoms with Crippen molar-refractivity contribution in [3.05, 3.63) is 59.2 Å². The van der Waals surface area contributed by atoms with E-state index in [-0.39, 0.29) is 18.4 Å². The predicted octanol–water partition coefficient (Wildman–Crippen LogP) is 3.19. The van der Waals surface area contributed by atoms with Crippen molar-refractivity contribution in [1.29, 1.82) is 0 Å². The molecule has 1 aliphatic heterocycles. The zero-order chi connectivity index (χ0) is 23.6. The van der Waals surface area contributed by atoms with E-state index in [1.54, 1.807) is 42.5 Å². The summed E-state index contributed by atoms with van der Waals surface area (Å²) in [7, 11) is 1.33. The van der Waals surface area contributed by atoms with Crippen molar-refractivity contribution in [3.63, 3.8) is 0 Å². The lowest BCUT2D eigenvalue weighted by molar-refractivity contribution is -0.134. The number of esters is 1. The van der Waals surface area contributed by atoms with Gasteiger partial charge in [-0.2, -0.15) is 0 Å². The average Bonchev–Trinajstić information content (AvgIpc) is 2.86. The van der Waals surface area contributed by atoms with E-state index in [1.807, 2.05) is 11.8 Å². The lowest BCUT2D eigenvalue weighted by atomic mass is 10.1. The molecule has 2 amide bonds. The van der Waals surface area contributed by atoms with E-state index in [2.05, 4.69) is 10.1 Å². The monoisotopic (exact) mass is 454 g/mol. The first kappa shape index (κ1) is 24.1. The molecule has 1 heterocycles. The van der Waals surface area contributed by atoms with Crippen LogP contribution >= 0.6 is 0 Å². The Hall–Kier alpha value is -3.55. The summed E-state index contributed by atoms with van der Waals surface area (Å²) in [4.78, 5) is 38.4. The number of methoxy groups -OCH3 is 1. The van der Waals surface area contributed by atoms with E-state index in [9.17, 15) is 14.4 Å². The van der Waals surface area contributed by atoms with Crippen molar-refractivity contribution in [2.45, 2.75) is 32.7 Å². The average molecular weight is 455 g/mol. The number of carbonyl (C=O) groups excluding carboxylic acids is 3. The second-order valence-corrected chi connectivity index (χ2v) is 7.70. The fourth-order valence-electron chi connectivity index (χ4n) is 3.57. The molecule has 1 fully saturated rings. The van der Waals surface area contributed by atoms with Crippen LogP contribution in [0.4, 0.5) is 0 Å². The third-order valence-corrected chi connectivity index (χ3v) is 5.39. The SMILES string of the molecule is CCOc1cc(C(=O)NCc2ccc(C(=O)OC)cc2)ccc1OCC(=O)N1CCCCC1. The minimum Gasteiger partial charge on any atom is -0.490 e. The van der Waals surface area contributed by atoms with Crippen LogP contribution in [0.5, 0.6) is 11.5 Å². The molecule has 0 bridgehead atoms. The molecule has 2 aromatic rings. The fraction of sp³-hybridized carbons (Fsp3) is 0.400. The molecule has 1 saturated heterocycles. The van der Waals surface area contributed by atoms with Crippen molar-refractivity contribution in [2.75, 3.05) is 33.4 Å². The summed E-state index contributed by atoms with van der Waals surface area (Å²) in [5.74, 6) is 0.117. The van der Waals surface area contributed by atoms with Gasteiger partial charge in [0.05, 0.1) is 19.3 Å². The number of nitrogens with zero attached hydrogens (tertiary/aromatic N) is 1. The van der Waals surface area contributed by atoms with Crippen molar-refractivity contribution in [1.82, 2.24) is 10.2 Å². The summed E-state index contributed by atoms with van der Waals surface area (Å²) in [6, 6.07) is 11.7. The molecule has 0 aliphatic carbocycles. The zero-order valence-corrected chi connectivity index (χ0v) is 19.1. The Morgan fingerprint density at radius 2 is 1.61 bits per heavy atom. The topological polar surface area (TPSA) is 94.2 Å². The summed E-state index contributed by atoms with van der Waals surface area (Å²) in [6.45, 7) is 4.01. The molecular formula is C25H30N2O6. The molecule has 1 N–H and O–H groups in total. The molecule has 0 spiro atoms. The van der Waals surface area contributed by atoms with Gasteiger partial charge in [-0.1, -0.05) is 12.1 Å². The molecule has 0 aromatic heterocycles. The number of benzene rings is 2. The van der Waals surface area contributed by atoms with Gasteiger partial charge in [-0.05, 0) is 62.1 Å². The first-order valence-electron chi connectivity index (χ1n) is 11.1. The maximum atomic E-state index is 12.6. The number of amides is 2. The maximum absolute atomic E-state index is 12.6. The number of hydrogen-bond acceptors (Lipinski definition) is 6. The number of piperidine rings is 1. The van der Waals surface area contributed by atoms with Gasteiger partial charge in [0.1, 0.15) is 0 Å². The highest BCUT2D eigenvalue weighted by Crippen LogP contribution is 2.29. The number of carbonyl (C=O) groups is 3. The zero-order valence-electron chi connectivity index (χ0n) is 19.1. The number of hydrogen-bond donors (Lipinski definition) is 1. The third kappa shape index (κ3) is 6.71. The van der Waals surface area contributed by atoms with Gasteiger partial charge in [0.15, 0.2) is 18.1 Å². The van der Waals surface area contributed by atoms with Gasteiger partial charge in [0, 0.05) is 25.2 Å². The van der Waals surface area contributed by atoms with Crippen LogP contribution in [0, 0.1) is 0 Å². The summed E-state index contributed by atoms with van der Waals surface area (Å²) < 4.78 is 16.0. The van der Waals surface area contributed by atoms with E-state index in [1.165, 1.54) is 7.11 Å². The molecule has 2 aromatic carbocycles. The summed E-state index contributed by atoms with van der Waals surface area (Å²) in [6.07, 6.45) is 3.20.